The van der Waals surface area contributed by atoms with Crippen molar-refractivity contribution in [3.63, 3.8) is 0 Å². The van der Waals surface area contributed by atoms with Crippen molar-refractivity contribution >= 4 is 17.5 Å². The lowest BCUT2D eigenvalue weighted by Crippen LogP contribution is -2.34. The average molecular weight is 270 g/mol. The number of halogens is 1. The minimum Gasteiger partial charge on any atom is -0.508 e. The number of aromatic hydroxyl groups is 1. The van der Waals surface area contributed by atoms with Gasteiger partial charge in [0.05, 0.1) is 0 Å². The Hall–Kier alpha value is -1.22. The second-order valence-corrected chi connectivity index (χ2v) is 5.67. The number of phenols is 1. The van der Waals surface area contributed by atoms with Gasteiger partial charge in [-0.15, -0.1) is 11.6 Å². The Morgan fingerprint density at radius 3 is 2.67 bits per heavy atom. The maximum atomic E-state index is 11.9. The number of alkyl halides is 1. The summed E-state index contributed by atoms with van der Waals surface area (Å²) in [4.78, 5) is 11.9. The van der Waals surface area contributed by atoms with Crippen molar-refractivity contribution in [2.24, 2.45) is 5.41 Å². The first-order chi connectivity index (χ1) is 8.35. The van der Waals surface area contributed by atoms with Gasteiger partial charge in [0.25, 0.3) is 5.91 Å². The number of amides is 1. The summed E-state index contributed by atoms with van der Waals surface area (Å²) >= 11 is 5.71. The van der Waals surface area contributed by atoms with Crippen LogP contribution in [0.2, 0.25) is 0 Å². The molecule has 0 heterocycles. The normalized spacial score (nSPS) is 11.3. The lowest BCUT2D eigenvalue weighted by molar-refractivity contribution is 0.0935. The molecule has 18 heavy (non-hydrogen) atoms. The van der Waals surface area contributed by atoms with Gasteiger partial charge in [0, 0.05) is 18.0 Å². The molecule has 1 aromatic carbocycles. The molecule has 1 rings (SSSR count). The van der Waals surface area contributed by atoms with Gasteiger partial charge in [-0.3, -0.25) is 4.79 Å². The Kier molecular flexibility index (Phi) is 5.03. The molecule has 0 aromatic heterocycles. The van der Waals surface area contributed by atoms with Gasteiger partial charge >= 0.3 is 0 Å². The molecule has 4 heteroatoms. The van der Waals surface area contributed by atoms with E-state index in [9.17, 15) is 9.90 Å². The van der Waals surface area contributed by atoms with Crippen LogP contribution in [0.15, 0.2) is 18.2 Å². The van der Waals surface area contributed by atoms with E-state index in [1.165, 1.54) is 6.07 Å². The molecule has 0 aliphatic carbocycles. The smallest absolute Gasteiger partial charge is 0.251 e. The number of nitrogens with one attached hydrogen (secondary N) is 1. The third-order valence-corrected chi connectivity index (χ3v) is 3.16. The van der Waals surface area contributed by atoms with Crippen LogP contribution in [0.5, 0.6) is 5.75 Å². The number of carbonyl (C=O) groups is 1. The maximum Gasteiger partial charge on any atom is 0.251 e. The Morgan fingerprint density at radius 1 is 1.44 bits per heavy atom. The molecule has 0 bridgehead atoms. The molecule has 100 valence electrons. The van der Waals surface area contributed by atoms with Crippen molar-refractivity contribution in [1.29, 1.82) is 0 Å². The zero-order valence-electron chi connectivity index (χ0n) is 11.1. The highest BCUT2D eigenvalue weighted by atomic mass is 35.5. The van der Waals surface area contributed by atoms with Gasteiger partial charge in [-0.2, -0.15) is 0 Å². The lowest BCUT2D eigenvalue weighted by Gasteiger charge is -2.23. The van der Waals surface area contributed by atoms with Crippen molar-refractivity contribution < 1.29 is 9.90 Å². The van der Waals surface area contributed by atoms with Gasteiger partial charge in [0.1, 0.15) is 5.75 Å². The molecule has 0 atom stereocenters. The SMILES string of the molecule is Cc1ccc(C(=O)NCC(C)(C)CCCl)cc1O. The molecular formula is C14H20ClNO2. The van der Waals surface area contributed by atoms with Crippen LogP contribution in [0.1, 0.15) is 36.2 Å². The van der Waals surface area contributed by atoms with Crippen LogP contribution < -0.4 is 5.32 Å². The Morgan fingerprint density at radius 2 is 2.11 bits per heavy atom. The predicted octanol–water partition coefficient (Wildman–Crippen LogP) is 3.09. The highest BCUT2D eigenvalue weighted by Gasteiger charge is 2.18. The summed E-state index contributed by atoms with van der Waals surface area (Å²) in [5, 5.41) is 12.4. The van der Waals surface area contributed by atoms with E-state index in [-0.39, 0.29) is 17.1 Å². The van der Waals surface area contributed by atoms with E-state index in [1.54, 1.807) is 19.1 Å². The fourth-order valence-electron chi connectivity index (χ4n) is 1.52. The molecule has 0 unspecified atom stereocenters. The molecule has 1 aromatic rings. The van der Waals surface area contributed by atoms with Crippen LogP contribution in [0.3, 0.4) is 0 Å². The van der Waals surface area contributed by atoms with E-state index in [0.717, 1.165) is 12.0 Å². The molecule has 0 saturated carbocycles. The molecule has 0 fully saturated rings. The fourth-order valence-corrected chi connectivity index (χ4v) is 2.03. The second kappa shape index (κ2) is 6.10. The van der Waals surface area contributed by atoms with Crippen molar-refractivity contribution in [1.82, 2.24) is 5.32 Å². The molecule has 2 N–H and O–H groups in total. The third-order valence-electron chi connectivity index (χ3n) is 2.97. The molecule has 1 amide bonds. The van der Waals surface area contributed by atoms with Crippen molar-refractivity contribution in [2.45, 2.75) is 27.2 Å². The Bertz CT molecular complexity index is 430. The van der Waals surface area contributed by atoms with E-state index in [2.05, 4.69) is 19.2 Å². The van der Waals surface area contributed by atoms with Gasteiger partial charge in [0.2, 0.25) is 0 Å². The van der Waals surface area contributed by atoms with Crippen molar-refractivity contribution in [3.05, 3.63) is 29.3 Å². The summed E-state index contributed by atoms with van der Waals surface area (Å²) in [5.74, 6) is 0.546. The zero-order valence-corrected chi connectivity index (χ0v) is 11.8. The second-order valence-electron chi connectivity index (χ2n) is 5.29. The predicted molar refractivity (Wildman–Crippen MR) is 74.3 cm³/mol. The molecule has 0 spiro atoms. The van der Waals surface area contributed by atoms with Gasteiger partial charge in [-0.05, 0) is 36.5 Å². The quantitative estimate of drug-likeness (QED) is 0.807. The maximum absolute atomic E-state index is 11.9. The van der Waals surface area contributed by atoms with Gasteiger partial charge in [-0.1, -0.05) is 19.9 Å². The molecule has 0 aliphatic rings. The van der Waals surface area contributed by atoms with Crippen LogP contribution in [-0.4, -0.2) is 23.4 Å². The van der Waals surface area contributed by atoms with E-state index in [4.69, 9.17) is 11.6 Å². The van der Waals surface area contributed by atoms with Gasteiger partial charge in [0.15, 0.2) is 0 Å². The summed E-state index contributed by atoms with van der Waals surface area (Å²) in [6.07, 6.45) is 0.841. The average Bonchev–Trinajstić information content (AvgIpc) is 2.30. The summed E-state index contributed by atoms with van der Waals surface area (Å²) in [6.45, 7) is 6.47. The number of carbonyl (C=O) groups excluding carboxylic acids is 1. The Balaban J connectivity index is 2.63. The number of benzene rings is 1. The minimum atomic E-state index is -0.173. The number of phenolic OH excluding ortho intramolecular Hbond substituents is 1. The molecule has 0 aliphatic heterocycles. The minimum absolute atomic E-state index is 0.0237. The standard InChI is InChI=1S/C14H20ClNO2/c1-10-4-5-11(8-12(10)17)13(18)16-9-14(2,3)6-7-15/h4-5,8,17H,6-7,9H2,1-3H3,(H,16,18). The third kappa shape index (κ3) is 4.22. The van der Waals surface area contributed by atoms with E-state index in [0.29, 0.717) is 18.0 Å². The molecule has 3 nitrogen and oxygen atoms in total. The van der Waals surface area contributed by atoms with Gasteiger partial charge < -0.3 is 10.4 Å². The summed E-state index contributed by atoms with van der Waals surface area (Å²) < 4.78 is 0. The van der Waals surface area contributed by atoms with Crippen LogP contribution in [0.4, 0.5) is 0 Å². The Labute approximate surface area is 113 Å². The number of hydrogen-bond acceptors (Lipinski definition) is 2. The summed E-state index contributed by atoms with van der Waals surface area (Å²) in [6, 6.07) is 4.92. The number of aryl methyl sites for hydroxylation is 1. The van der Waals surface area contributed by atoms with Crippen molar-refractivity contribution in [3.8, 4) is 5.75 Å². The molecule has 0 saturated heterocycles. The first kappa shape index (κ1) is 14.8. The lowest BCUT2D eigenvalue weighted by atomic mass is 9.90. The highest BCUT2D eigenvalue weighted by molar-refractivity contribution is 6.17. The van der Waals surface area contributed by atoms with Crippen molar-refractivity contribution in [2.75, 3.05) is 12.4 Å². The monoisotopic (exact) mass is 269 g/mol. The first-order valence-corrected chi connectivity index (χ1v) is 6.53. The van der Waals surface area contributed by atoms with Crippen LogP contribution in [0.25, 0.3) is 0 Å². The summed E-state index contributed by atoms with van der Waals surface area (Å²) in [5.41, 5.74) is 1.21. The first-order valence-electron chi connectivity index (χ1n) is 5.99. The zero-order chi connectivity index (χ0) is 13.8. The fraction of sp³-hybridized carbons (Fsp3) is 0.500. The van der Waals surface area contributed by atoms with E-state index < -0.39 is 0 Å². The van der Waals surface area contributed by atoms with E-state index in [1.807, 2.05) is 0 Å². The molecule has 0 radical (unpaired) electrons. The molecular weight excluding hydrogens is 250 g/mol. The number of rotatable bonds is 5. The number of hydrogen-bond donors (Lipinski definition) is 2. The topological polar surface area (TPSA) is 49.3 Å². The summed E-state index contributed by atoms with van der Waals surface area (Å²) in [7, 11) is 0. The van der Waals surface area contributed by atoms with Crippen LogP contribution >= 0.6 is 11.6 Å². The van der Waals surface area contributed by atoms with Crippen LogP contribution in [-0.2, 0) is 0 Å². The van der Waals surface area contributed by atoms with Crippen LogP contribution in [0, 0.1) is 12.3 Å². The largest absolute Gasteiger partial charge is 0.508 e. The van der Waals surface area contributed by atoms with Gasteiger partial charge in [-0.25, -0.2) is 0 Å². The highest BCUT2D eigenvalue weighted by Crippen LogP contribution is 2.20. The van der Waals surface area contributed by atoms with E-state index >= 15 is 0 Å².